The molecule has 1 atom stereocenters. The second kappa shape index (κ2) is 6.17. The second-order valence-corrected chi connectivity index (χ2v) is 7.13. The van der Waals surface area contributed by atoms with Crippen LogP contribution in [0.4, 0.5) is 5.69 Å². The molecule has 1 aliphatic heterocycles. The number of anilines is 1. The van der Waals surface area contributed by atoms with Gasteiger partial charge in [0.15, 0.2) is 0 Å². The van der Waals surface area contributed by atoms with Crippen LogP contribution in [0.2, 0.25) is 0 Å². The van der Waals surface area contributed by atoms with Crippen molar-refractivity contribution in [1.82, 2.24) is 0 Å². The molecule has 4 heteroatoms. The molecule has 0 bridgehead atoms. The Morgan fingerprint density at radius 2 is 1.90 bits per heavy atom. The zero-order chi connectivity index (χ0) is 14.8. The molecule has 1 saturated heterocycles. The minimum absolute atomic E-state index is 0.111. The van der Waals surface area contributed by atoms with Crippen LogP contribution in [-0.2, 0) is 9.53 Å². The first kappa shape index (κ1) is 15.4. The van der Waals surface area contributed by atoms with Crippen molar-refractivity contribution < 1.29 is 9.53 Å². The Bertz CT molecular complexity index is 464. The summed E-state index contributed by atoms with van der Waals surface area (Å²) in [6.07, 6.45) is 3.07. The van der Waals surface area contributed by atoms with E-state index in [2.05, 4.69) is 20.8 Å². The molecule has 0 spiro atoms. The number of piperidine rings is 1. The van der Waals surface area contributed by atoms with E-state index in [1.165, 1.54) is 0 Å². The van der Waals surface area contributed by atoms with Gasteiger partial charge in [-0.2, -0.15) is 0 Å². The van der Waals surface area contributed by atoms with E-state index in [-0.39, 0.29) is 12.0 Å². The minimum atomic E-state index is -0.431. The van der Waals surface area contributed by atoms with E-state index >= 15 is 0 Å². The zero-order valence-electron chi connectivity index (χ0n) is 12.4. The molecule has 1 fully saturated rings. The molecule has 0 radical (unpaired) electrons. The Morgan fingerprint density at radius 1 is 1.25 bits per heavy atom. The number of ether oxygens (including phenoxy) is 1. The van der Waals surface area contributed by atoms with Crippen molar-refractivity contribution in [1.29, 1.82) is 0 Å². The van der Waals surface area contributed by atoms with Crippen molar-refractivity contribution >= 4 is 27.6 Å². The third kappa shape index (κ3) is 3.98. The molecule has 1 aliphatic rings. The van der Waals surface area contributed by atoms with Crippen molar-refractivity contribution in [2.75, 3.05) is 11.4 Å². The van der Waals surface area contributed by atoms with Gasteiger partial charge in [0, 0.05) is 16.7 Å². The van der Waals surface area contributed by atoms with Crippen LogP contribution in [0.15, 0.2) is 28.7 Å². The van der Waals surface area contributed by atoms with Crippen LogP contribution in [0, 0.1) is 0 Å². The third-order valence-electron chi connectivity index (χ3n) is 3.34. The number of carbonyl (C=O) groups is 1. The molecule has 1 aromatic carbocycles. The summed E-state index contributed by atoms with van der Waals surface area (Å²) in [7, 11) is 0. The van der Waals surface area contributed by atoms with Crippen LogP contribution in [0.5, 0.6) is 0 Å². The molecule has 0 amide bonds. The standard InChI is InChI=1S/C16H22BrNO2/c1-16(2,3)20-15(19)14-6-4-5-11-18(14)13-9-7-12(17)8-10-13/h7-10,14H,4-6,11H2,1-3H3. The van der Waals surface area contributed by atoms with Crippen LogP contribution in [0.3, 0.4) is 0 Å². The summed E-state index contributed by atoms with van der Waals surface area (Å²) in [5, 5.41) is 0. The molecule has 3 nitrogen and oxygen atoms in total. The van der Waals surface area contributed by atoms with Crippen LogP contribution >= 0.6 is 15.9 Å². The quantitative estimate of drug-likeness (QED) is 0.758. The first-order chi connectivity index (χ1) is 9.37. The Balaban J connectivity index is 2.16. The van der Waals surface area contributed by atoms with Crippen molar-refractivity contribution in [2.24, 2.45) is 0 Å². The number of halogens is 1. The molecular formula is C16H22BrNO2. The molecule has 110 valence electrons. The topological polar surface area (TPSA) is 29.5 Å². The number of hydrogen-bond acceptors (Lipinski definition) is 3. The fourth-order valence-corrected chi connectivity index (χ4v) is 2.75. The highest BCUT2D eigenvalue weighted by Crippen LogP contribution is 2.27. The van der Waals surface area contributed by atoms with Gasteiger partial charge in [-0.3, -0.25) is 0 Å². The minimum Gasteiger partial charge on any atom is -0.458 e. The summed E-state index contributed by atoms with van der Waals surface area (Å²) >= 11 is 3.44. The van der Waals surface area contributed by atoms with Gasteiger partial charge in [0.25, 0.3) is 0 Å². The molecule has 1 heterocycles. The van der Waals surface area contributed by atoms with Gasteiger partial charge >= 0.3 is 5.97 Å². The fourth-order valence-electron chi connectivity index (χ4n) is 2.49. The van der Waals surface area contributed by atoms with E-state index in [0.29, 0.717) is 0 Å². The van der Waals surface area contributed by atoms with Gasteiger partial charge in [0.05, 0.1) is 0 Å². The predicted octanol–water partition coefficient (Wildman–Crippen LogP) is 4.15. The largest absolute Gasteiger partial charge is 0.458 e. The van der Waals surface area contributed by atoms with Gasteiger partial charge in [0.2, 0.25) is 0 Å². The molecule has 2 rings (SSSR count). The van der Waals surface area contributed by atoms with Gasteiger partial charge < -0.3 is 9.64 Å². The monoisotopic (exact) mass is 339 g/mol. The smallest absolute Gasteiger partial charge is 0.329 e. The van der Waals surface area contributed by atoms with Gasteiger partial charge in [-0.25, -0.2) is 4.79 Å². The predicted molar refractivity (Wildman–Crippen MR) is 85.0 cm³/mol. The molecule has 0 aromatic heterocycles. The first-order valence-electron chi connectivity index (χ1n) is 7.12. The Labute approximate surface area is 129 Å². The maximum absolute atomic E-state index is 12.4. The highest BCUT2D eigenvalue weighted by molar-refractivity contribution is 9.10. The van der Waals surface area contributed by atoms with E-state index < -0.39 is 5.60 Å². The van der Waals surface area contributed by atoms with Crippen molar-refractivity contribution in [3.8, 4) is 0 Å². The van der Waals surface area contributed by atoms with E-state index in [4.69, 9.17) is 4.74 Å². The number of esters is 1. The normalized spacial score (nSPS) is 19.8. The summed E-state index contributed by atoms with van der Waals surface area (Å²) in [6, 6.07) is 7.95. The van der Waals surface area contributed by atoms with Crippen molar-refractivity contribution in [3.63, 3.8) is 0 Å². The van der Waals surface area contributed by atoms with Crippen molar-refractivity contribution in [3.05, 3.63) is 28.7 Å². The Morgan fingerprint density at radius 3 is 2.50 bits per heavy atom. The summed E-state index contributed by atoms with van der Waals surface area (Å²) in [4.78, 5) is 14.6. The maximum atomic E-state index is 12.4. The lowest BCUT2D eigenvalue weighted by Gasteiger charge is -2.37. The Kier molecular flexibility index (Phi) is 4.74. The zero-order valence-corrected chi connectivity index (χ0v) is 13.9. The summed E-state index contributed by atoms with van der Waals surface area (Å²) < 4.78 is 6.61. The van der Waals surface area contributed by atoms with E-state index in [1.54, 1.807) is 0 Å². The van der Waals surface area contributed by atoms with Gasteiger partial charge in [-0.15, -0.1) is 0 Å². The average Bonchev–Trinajstić information content (AvgIpc) is 2.38. The average molecular weight is 340 g/mol. The number of rotatable bonds is 2. The van der Waals surface area contributed by atoms with Crippen LogP contribution in [0.1, 0.15) is 40.0 Å². The van der Waals surface area contributed by atoms with Crippen LogP contribution in [0.25, 0.3) is 0 Å². The summed E-state index contributed by atoms with van der Waals surface area (Å²) in [5.41, 5.74) is 0.656. The number of hydrogen-bond donors (Lipinski definition) is 0. The number of benzene rings is 1. The molecule has 1 unspecified atom stereocenters. The highest BCUT2D eigenvalue weighted by Gasteiger charge is 2.32. The second-order valence-electron chi connectivity index (χ2n) is 6.21. The van der Waals surface area contributed by atoms with E-state index in [1.807, 2.05) is 45.0 Å². The van der Waals surface area contributed by atoms with Crippen molar-refractivity contribution in [2.45, 2.75) is 51.7 Å². The van der Waals surface area contributed by atoms with E-state index in [9.17, 15) is 4.79 Å². The lowest BCUT2D eigenvalue weighted by molar-refractivity contribution is -0.157. The lowest BCUT2D eigenvalue weighted by Crippen LogP contribution is -2.47. The SMILES string of the molecule is CC(C)(C)OC(=O)C1CCCCN1c1ccc(Br)cc1. The molecule has 0 aliphatic carbocycles. The third-order valence-corrected chi connectivity index (χ3v) is 3.87. The Hall–Kier alpha value is -1.03. The fraction of sp³-hybridized carbons (Fsp3) is 0.562. The summed E-state index contributed by atoms with van der Waals surface area (Å²) in [5.74, 6) is -0.111. The van der Waals surface area contributed by atoms with Crippen LogP contribution < -0.4 is 4.90 Å². The van der Waals surface area contributed by atoms with Gasteiger partial charge in [-0.05, 0) is 64.3 Å². The molecule has 20 heavy (non-hydrogen) atoms. The molecule has 1 aromatic rings. The lowest BCUT2D eigenvalue weighted by atomic mass is 10.0. The molecule has 0 N–H and O–H groups in total. The maximum Gasteiger partial charge on any atom is 0.329 e. The van der Waals surface area contributed by atoms with Gasteiger partial charge in [-0.1, -0.05) is 15.9 Å². The van der Waals surface area contributed by atoms with Crippen LogP contribution in [-0.4, -0.2) is 24.2 Å². The number of carbonyl (C=O) groups excluding carboxylic acids is 1. The highest BCUT2D eigenvalue weighted by atomic mass is 79.9. The van der Waals surface area contributed by atoms with E-state index in [0.717, 1.165) is 36.0 Å². The van der Waals surface area contributed by atoms with Gasteiger partial charge in [0.1, 0.15) is 11.6 Å². The first-order valence-corrected chi connectivity index (χ1v) is 7.91. The summed E-state index contributed by atoms with van der Waals surface area (Å²) in [6.45, 7) is 6.65. The molecular weight excluding hydrogens is 318 g/mol. The number of nitrogens with zero attached hydrogens (tertiary/aromatic N) is 1. The molecule has 0 saturated carbocycles.